The van der Waals surface area contributed by atoms with E-state index in [1.165, 1.54) is 0 Å². The molecule has 1 fully saturated rings. The maximum absolute atomic E-state index is 6.48. The molecular formula is C16H22ClNO3. The van der Waals surface area contributed by atoms with Crippen LogP contribution in [-0.4, -0.2) is 32.5 Å². The van der Waals surface area contributed by atoms with Gasteiger partial charge in [-0.3, -0.25) is 0 Å². The molecule has 1 aromatic rings. The Morgan fingerprint density at radius 1 is 1.24 bits per heavy atom. The SMILES string of the molecule is CCCNC(c1cc2c(cc1Cl)OCCO2)C1CCCO1. The first-order valence-corrected chi connectivity index (χ1v) is 8.11. The minimum Gasteiger partial charge on any atom is -0.486 e. The number of hydrogen-bond donors (Lipinski definition) is 1. The Balaban J connectivity index is 1.89. The molecule has 2 atom stereocenters. The first-order chi connectivity index (χ1) is 10.3. The Bertz CT molecular complexity index is 489. The van der Waals surface area contributed by atoms with Crippen LogP contribution in [0.4, 0.5) is 0 Å². The topological polar surface area (TPSA) is 39.7 Å². The molecule has 0 saturated carbocycles. The summed E-state index contributed by atoms with van der Waals surface area (Å²) in [6.45, 7) is 5.09. The fraction of sp³-hybridized carbons (Fsp3) is 0.625. The molecule has 116 valence electrons. The molecule has 5 heteroatoms. The predicted octanol–water partition coefficient (Wildman–Crippen LogP) is 3.33. The number of nitrogens with one attached hydrogen (secondary N) is 1. The smallest absolute Gasteiger partial charge is 0.162 e. The summed E-state index contributed by atoms with van der Waals surface area (Å²) in [5.41, 5.74) is 1.04. The third-order valence-electron chi connectivity index (χ3n) is 3.95. The summed E-state index contributed by atoms with van der Waals surface area (Å²) in [5, 5.41) is 4.28. The van der Waals surface area contributed by atoms with Gasteiger partial charge in [0.15, 0.2) is 11.5 Å². The number of halogens is 1. The first-order valence-electron chi connectivity index (χ1n) is 7.73. The van der Waals surface area contributed by atoms with Crippen molar-refractivity contribution in [2.45, 2.75) is 38.3 Å². The van der Waals surface area contributed by atoms with Crippen molar-refractivity contribution in [3.05, 3.63) is 22.7 Å². The highest BCUT2D eigenvalue weighted by molar-refractivity contribution is 6.31. The minimum atomic E-state index is 0.107. The van der Waals surface area contributed by atoms with Crippen LogP contribution >= 0.6 is 11.6 Å². The van der Waals surface area contributed by atoms with E-state index in [-0.39, 0.29) is 12.1 Å². The number of fused-ring (bicyclic) bond motifs is 1. The van der Waals surface area contributed by atoms with Gasteiger partial charge in [0.05, 0.1) is 12.1 Å². The fourth-order valence-corrected chi connectivity index (χ4v) is 3.20. The van der Waals surface area contributed by atoms with Gasteiger partial charge in [-0.15, -0.1) is 0 Å². The van der Waals surface area contributed by atoms with Gasteiger partial charge >= 0.3 is 0 Å². The van der Waals surface area contributed by atoms with E-state index in [9.17, 15) is 0 Å². The molecule has 1 aromatic carbocycles. The predicted molar refractivity (Wildman–Crippen MR) is 82.5 cm³/mol. The van der Waals surface area contributed by atoms with E-state index in [0.717, 1.165) is 49.5 Å². The second-order valence-electron chi connectivity index (χ2n) is 5.50. The van der Waals surface area contributed by atoms with Gasteiger partial charge in [0.2, 0.25) is 0 Å². The summed E-state index contributed by atoms with van der Waals surface area (Å²) in [6, 6.07) is 3.98. The highest BCUT2D eigenvalue weighted by atomic mass is 35.5. The molecule has 4 nitrogen and oxygen atoms in total. The third-order valence-corrected chi connectivity index (χ3v) is 4.27. The van der Waals surface area contributed by atoms with Crippen molar-refractivity contribution < 1.29 is 14.2 Å². The summed E-state index contributed by atoms with van der Waals surface area (Å²) in [5.74, 6) is 1.51. The van der Waals surface area contributed by atoms with Crippen molar-refractivity contribution in [2.75, 3.05) is 26.4 Å². The lowest BCUT2D eigenvalue weighted by Crippen LogP contribution is -2.32. The number of benzene rings is 1. The number of rotatable bonds is 5. The van der Waals surface area contributed by atoms with Gasteiger partial charge in [-0.05, 0) is 37.4 Å². The molecule has 21 heavy (non-hydrogen) atoms. The zero-order valence-electron chi connectivity index (χ0n) is 12.4. The number of hydrogen-bond acceptors (Lipinski definition) is 4. The van der Waals surface area contributed by atoms with Crippen molar-refractivity contribution in [3.8, 4) is 11.5 Å². The normalized spacial score (nSPS) is 22.3. The van der Waals surface area contributed by atoms with E-state index in [4.69, 9.17) is 25.8 Å². The Morgan fingerprint density at radius 2 is 2.00 bits per heavy atom. The second kappa shape index (κ2) is 6.86. The fourth-order valence-electron chi connectivity index (χ4n) is 2.93. The van der Waals surface area contributed by atoms with E-state index in [1.807, 2.05) is 12.1 Å². The molecule has 0 aromatic heterocycles. The highest BCUT2D eigenvalue weighted by Gasteiger charge is 2.30. The minimum absolute atomic E-state index is 0.107. The highest BCUT2D eigenvalue weighted by Crippen LogP contribution is 2.40. The van der Waals surface area contributed by atoms with E-state index >= 15 is 0 Å². The van der Waals surface area contributed by atoms with Crippen molar-refractivity contribution in [2.24, 2.45) is 0 Å². The molecule has 1 saturated heterocycles. The zero-order chi connectivity index (χ0) is 14.7. The molecule has 0 radical (unpaired) electrons. The molecule has 3 rings (SSSR count). The molecule has 0 bridgehead atoms. The lowest BCUT2D eigenvalue weighted by atomic mass is 9.98. The molecule has 2 unspecified atom stereocenters. The van der Waals surface area contributed by atoms with Crippen LogP contribution in [0.15, 0.2) is 12.1 Å². The largest absolute Gasteiger partial charge is 0.486 e. The van der Waals surface area contributed by atoms with E-state index in [0.29, 0.717) is 18.2 Å². The lowest BCUT2D eigenvalue weighted by molar-refractivity contribution is 0.0781. The maximum atomic E-state index is 6.48. The molecule has 0 aliphatic carbocycles. The molecule has 0 amide bonds. The van der Waals surface area contributed by atoms with Crippen LogP contribution in [0.3, 0.4) is 0 Å². The van der Waals surface area contributed by atoms with Crippen molar-refractivity contribution in [1.82, 2.24) is 5.32 Å². The number of ether oxygens (including phenoxy) is 3. The van der Waals surface area contributed by atoms with Crippen LogP contribution in [0.1, 0.15) is 37.8 Å². The lowest BCUT2D eigenvalue weighted by Gasteiger charge is -2.27. The standard InChI is InChI=1S/C16H22ClNO3/c1-2-5-18-16(13-4-3-6-19-13)11-9-14-15(10-12(11)17)21-8-7-20-14/h9-10,13,16,18H,2-8H2,1H3. The van der Waals surface area contributed by atoms with Crippen LogP contribution in [0.25, 0.3) is 0 Å². The monoisotopic (exact) mass is 311 g/mol. The first kappa shape index (κ1) is 14.9. The summed E-state index contributed by atoms with van der Waals surface area (Å²) in [6.07, 6.45) is 3.42. The van der Waals surface area contributed by atoms with E-state index in [1.54, 1.807) is 0 Å². The summed E-state index contributed by atoms with van der Waals surface area (Å²) >= 11 is 6.48. The van der Waals surface area contributed by atoms with Crippen molar-refractivity contribution >= 4 is 11.6 Å². The molecule has 1 N–H and O–H groups in total. The van der Waals surface area contributed by atoms with Gasteiger partial charge in [-0.2, -0.15) is 0 Å². The van der Waals surface area contributed by atoms with Crippen LogP contribution in [0.5, 0.6) is 11.5 Å². The van der Waals surface area contributed by atoms with Crippen molar-refractivity contribution in [3.63, 3.8) is 0 Å². The average Bonchev–Trinajstić information content (AvgIpc) is 3.02. The summed E-state index contributed by atoms with van der Waals surface area (Å²) in [4.78, 5) is 0. The quantitative estimate of drug-likeness (QED) is 0.905. The summed E-state index contributed by atoms with van der Waals surface area (Å²) in [7, 11) is 0. The van der Waals surface area contributed by atoms with Crippen molar-refractivity contribution in [1.29, 1.82) is 0 Å². The molecule has 2 aliphatic rings. The third kappa shape index (κ3) is 3.28. The second-order valence-corrected chi connectivity index (χ2v) is 5.91. The molecule has 2 heterocycles. The van der Waals surface area contributed by atoms with E-state index < -0.39 is 0 Å². The molecule has 2 aliphatic heterocycles. The zero-order valence-corrected chi connectivity index (χ0v) is 13.1. The Hall–Kier alpha value is -0.970. The average molecular weight is 312 g/mol. The Labute approximate surface area is 130 Å². The van der Waals surface area contributed by atoms with Gasteiger partial charge in [0, 0.05) is 17.7 Å². The van der Waals surface area contributed by atoms with E-state index in [2.05, 4.69) is 12.2 Å². The van der Waals surface area contributed by atoms with Gasteiger partial charge in [0.25, 0.3) is 0 Å². The van der Waals surface area contributed by atoms with Crippen LogP contribution < -0.4 is 14.8 Å². The molecular weight excluding hydrogens is 290 g/mol. The van der Waals surface area contributed by atoms with Gasteiger partial charge in [0.1, 0.15) is 13.2 Å². The van der Waals surface area contributed by atoms with Crippen LogP contribution in [-0.2, 0) is 4.74 Å². The Kier molecular flexibility index (Phi) is 4.88. The van der Waals surface area contributed by atoms with Gasteiger partial charge in [-0.25, -0.2) is 0 Å². The van der Waals surface area contributed by atoms with Gasteiger partial charge in [-0.1, -0.05) is 18.5 Å². The maximum Gasteiger partial charge on any atom is 0.162 e. The summed E-state index contributed by atoms with van der Waals surface area (Å²) < 4.78 is 17.1. The Morgan fingerprint density at radius 3 is 2.67 bits per heavy atom. The van der Waals surface area contributed by atoms with Crippen LogP contribution in [0.2, 0.25) is 5.02 Å². The van der Waals surface area contributed by atoms with Crippen LogP contribution in [0, 0.1) is 0 Å². The van der Waals surface area contributed by atoms with Gasteiger partial charge < -0.3 is 19.5 Å². The molecule has 0 spiro atoms.